The molecule has 0 aromatic heterocycles. The van der Waals surface area contributed by atoms with Gasteiger partial charge in [-0.15, -0.1) is 0 Å². The van der Waals surface area contributed by atoms with Crippen LogP contribution in [-0.2, 0) is 0 Å². The molecule has 2 aliphatic rings. The summed E-state index contributed by atoms with van der Waals surface area (Å²) in [5.74, 6) is -1.37. The molecule has 0 bridgehead atoms. The lowest BCUT2D eigenvalue weighted by Crippen LogP contribution is -2.43. The number of rotatable bonds is 3. The Morgan fingerprint density at radius 2 is 0.972 bits per heavy atom. The summed E-state index contributed by atoms with van der Waals surface area (Å²) in [4.78, 5) is 56.4. The van der Waals surface area contributed by atoms with E-state index in [1.807, 2.05) is 26.0 Å². The van der Waals surface area contributed by atoms with E-state index in [-0.39, 0.29) is 22.3 Å². The summed E-state index contributed by atoms with van der Waals surface area (Å²) in [5, 5.41) is 0.683. The number of carbonyl (C=O) groups excluding carboxylic acids is 4. The number of hydrogen-bond acceptors (Lipinski definition) is 5. The van der Waals surface area contributed by atoms with Crippen LogP contribution in [0.25, 0.3) is 10.8 Å². The summed E-state index contributed by atoms with van der Waals surface area (Å²) >= 11 is 0. The highest BCUT2D eigenvalue weighted by Crippen LogP contribution is 2.40. The van der Waals surface area contributed by atoms with Gasteiger partial charge < -0.3 is 4.74 Å². The van der Waals surface area contributed by atoms with E-state index >= 15 is 0 Å². The van der Waals surface area contributed by atoms with Crippen molar-refractivity contribution in [2.45, 2.75) is 13.8 Å². The zero-order valence-electron chi connectivity index (χ0n) is 19.8. The molecule has 0 atom stereocenters. The first-order valence-electron chi connectivity index (χ1n) is 11.4. The molecule has 6 rings (SSSR count). The third-order valence-corrected chi connectivity index (χ3v) is 6.82. The maximum Gasteiger partial charge on any atom is 0.265 e. The highest BCUT2D eigenvalue weighted by atomic mass is 16.5. The third-order valence-electron chi connectivity index (χ3n) is 6.82. The average molecular weight is 476 g/mol. The van der Waals surface area contributed by atoms with Crippen molar-refractivity contribution in [3.63, 3.8) is 0 Å². The molecule has 176 valence electrons. The van der Waals surface area contributed by atoms with Crippen LogP contribution in [0.1, 0.15) is 52.6 Å². The molecule has 36 heavy (non-hydrogen) atoms. The van der Waals surface area contributed by atoms with Crippen molar-refractivity contribution in [2.75, 3.05) is 16.9 Å². The minimum Gasteiger partial charge on any atom is -0.496 e. The second-order valence-corrected chi connectivity index (χ2v) is 8.95. The molecule has 4 aromatic rings. The van der Waals surface area contributed by atoms with Crippen LogP contribution in [-0.4, -0.2) is 30.7 Å². The van der Waals surface area contributed by atoms with E-state index in [1.165, 1.54) is 0 Å². The lowest BCUT2D eigenvalue weighted by Gasteiger charge is -2.32. The molecule has 2 heterocycles. The van der Waals surface area contributed by atoms with Gasteiger partial charge in [-0.25, -0.2) is 9.80 Å². The minimum absolute atomic E-state index is 0.267. The van der Waals surface area contributed by atoms with Gasteiger partial charge in [0.05, 0.1) is 18.5 Å². The van der Waals surface area contributed by atoms with Gasteiger partial charge in [0.2, 0.25) is 0 Å². The van der Waals surface area contributed by atoms with Gasteiger partial charge in [-0.2, -0.15) is 0 Å². The fraction of sp³-hybridized carbons (Fsp3) is 0.103. The summed E-state index contributed by atoms with van der Waals surface area (Å²) in [5.41, 5.74) is 3.75. The van der Waals surface area contributed by atoms with E-state index in [2.05, 4.69) is 0 Å². The Bertz CT molecular complexity index is 1600. The van der Waals surface area contributed by atoms with E-state index in [0.29, 0.717) is 27.9 Å². The Balaban J connectivity index is 1.52. The number of ether oxygens (including phenoxy) is 1. The second-order valence-electron chi connectivity index (χ2n) is 8.95. The van der Waals surface area contributed by atoms with Crippen molar-refractivity contribution < 1.29 is 23.9 Å². The van der Waals surface area contributed by atoms with Crippen molar-refractivity contribution in [3.05, 3.63) is 100 Å². The zero-order chi connectivity index (χ0) is 25.3. The van der Waals surface area contributed by atoms with Gasteiger partial charge in [-0.05, 0) is 74.0 Å². The van der Waals surface area contributed by atoms with Crippen LogP contribution in [0.15, 0.2) is 66.7 Å². The number of anilines is 2. The topological polar surface area (TPSA) is 84.0 Å². The summed E-state index contributed by atoms with van der Waals surface area (Å²) in [7, 11) is 1.55. The van der Waals surface area contributed by atoms with Crippen LogP contribution in [0, 0.1) is 13.8 Å². The van der Waals surface area contributed by atoms with Gasteiger partial charge >= 0.3 is 0 Å². The molecular weight excluding hydrogens is 456 g/mol. The van der Waals surface area contributed by atoms with Gasteiger partial charge in [0.15, 0.2) is 0 Å². The van der Waals surface area contributed by atoms with Gasteiger partial charge in [-0.3, -0.25) is 19.2 Å². The van der Waals surface area contributed by atoms with Crippen molar-refractivity contribution in [1.82, 2.24) is 0 Å². The maximum atomic E-state index is 13.6. The minimum atomic E-state index is -0.512. The van der Waals surface area contributed by atoms with E-state index in [0.717, 1.165) is 20.9 Å². The monoisotopic (exact) mass is 476 g/mol. The van der Waals surface area contributed by atoms with Gasteiger partial charge in [0, 0.05) is 33.0 Å². The van der Waals surface area contributed by atoms with E-state index in [1.54, 1.807) is 61.7 Å². The predicted octanol–water partition coefficient (Wildman–Crippen LogP) is 5.07. The largest absolute Gasteiger partial charge is 0.496 e. The number of nitrogens with zero attached hydrogens (tertiary/aromatic N) is 2. The molecule has 4 amide bonds. The number of amides is 4. The predicted molar refractivity (Wildman–Crippen MR) is 135 cm³/mol. The standard InChI is InChI=1S/C29H20N2O5/c1-15-4-6-17(7-5-15)30-26(32)19-9-11-21-25-22(12-10-20(24(19)25)27(30)33)29(35)31(28(21)34)18-8-13-23(36-3)16(2)14-18/h4-14H,1-3H3. The van der Waals surface area contributed by atoms with Crippen molar-refractivity contribution in [1.29, 1.82) is 0 Å². The Kier molecular flexibility index (Phi) is 4.60. The molecule has 7 heteroatoms. The van der Waals surface area contributed by atoms with Crippen LogP contribution >= 0.6 is 0 Å². The Morgan fingerprint density at radius 1 is 0.556 bits per heavy atom. The lowest BCUT2D eigenvalue weighted by atomic mass is 9.85. The van der Waals surface area contributed by atoms with Crippen LogP contribution in [0.2, 0.25) is 0 Å². The Hall–Kier alpha value is -4.78. The second kappa shape index (κ2) is 7.61. The number of methoxy groups -OCH3 is 1. The zero-order valence-corrected chi connectivity index (χ0v) is 19.8. The summed E-state index contributed by atoms with van der Waals surface area (Å²) in [6, 6.07) is 18.4. The van der Waals surface area contributed by atoms with Crippen LogP contribution in [0.5, 0.6) is 5.75 Å². The molecule has 0 spiro atoms. The van der Waals surface area contributed by atoms with Gasteiger partial charge in [0.25, 0.3) is 23.6 Å². The third kappa shape index (κ3) is 2.86. The summed E-state index contributed by atoms with van der Waals surface area (Å²) in [6.45, 7) is 3.75. The van der Waals surface area contributed by atoms with E-state index in [9.17, 15) is 19.2 Å². The van der Waals surface area contributed by atoms with Crippen molar-refractivity contribution in [3.8, 4) is 5.75 Å². The molecule has 4 aromatic carbocycles. The van der Waals surface area contributed by atoms with Crippen LogP contribution < -0.4 is 14.5 Å². The molecular formula is C29H20N2O5. The number of aryl methyl sites for hydroxylation is 2. The van der Waals surface area contributed by atoms with E-state index < -0.39 is 23.6 Å². The number of hydrogen-bond donors (Lipinski definition) is 0. The van der Waals surface area contributed by atoms with Gasteiger partial charge in [0.1, 0.15) is 5.75 Å². The first-order chi connectivity index (χ1) is 17.3. The number of imide groups is 2. The highest BCUT2D eigenvalue weighted by Gasteiger charge is 2.40. The first-order valence-corrected chi connectivity index (χ1v) is 11.4. The lowest BCUT2D eigenvalue weighted by molar-refractivity contribution is 0.0873. The average Bonchev–Trinajstić information content (AvgIpc) is 2.87. The van der Waals surface area contributed by atoms with Crippen LogP contribution in [0.3, 0.4) is 0 Å². The van der Waals surface area contributed by atoms with Gasteiger partial charge in [-0.1, -0.05) is 17.7 Å². The molecule has 0 fully saturated rings. The first kappa shape index (κ1) is 21.7. The SMILES string of the molecule is COc1ccc(N2C(=O)c3ccc4c5c(ccc(c35)C2=O)C(=O)N(c2ccc(C)cc2)C4=O)cc1C. The Labute approximate surface area is 206 Å². The fourth-order valence-corrected chi connectivity index (χ4v) is 5.04. The quantitative estimate of drug-likeness (QED) is 0.386. The number of benzene rings is 4. The van der Waals surface area contributed by atoms with Crippen molar-refractivity contribution >= 4 is 45.8 Å². The summed E-state index contributed by atoms with van der Waals surface area (Å²) in [6.07, 6.45) is 0. The van der Waals surface area contributed by atoms with E-state index in [4.69, 9.17) is 4.74 Å². The summed E-state index contributed by atoms with van der Waals surface area (Å²) < 4.78 is 5.30. The fourth-order valence-electron chi connectivity index (χ4n) is 5.04. The molecule has 2 aliphatic heterocycles. The normalized spacial score (nSPS) is 14.6. The maximum absolute atomic E-state index is 13.6. The highest BCUT2D eigenvalue weighted by molar-refractivity contribution is 6.42. The smallest absolute Gasteiger partial charge is 0.265 e. The molecule has 0 N–H and O–H groups in total. The Morgan fingerprint density at radius 3 is 1.39 bits per heavy atom. The molecule has 0 saturated carbocycles. The molecule has 7 nitrogen and oxygen atoms in total. The molecule has 0 radical (unpaired) electrons. The van der Waals surface area contributed by atoms with Crippen molar-refractivity contribution in [2.24, 2.45) is 0 Å². The molecule has 0 saturated heterocycles. The number of carbonyl (C=O) groups is 4. The van der Waals surface area contributed by atoms with Crippen LogP contribution in [0.4, 0.5) is 11.4 Å². The molecule has 0 aliphatic carbocycles. The molecule has 0 unspecified atom stereocenters.